The molecule has 1 aliphatic rings. The van der Waals surface area contributed by atoms with E-state index in [4.69, 9.17) is 16.3 Å². The number of amides is 1. The molecule has 1 aliphatic heterocycles. The van der Waals surface area contributed by atoms with Gasteiger partial charge in [-0.3, -0.25) is 9.78 Å². The van der Waals surface area contributed by atoms with Crippen LogP contribution in [0.4, 0.5) is 4.39 Å². The fourth-order valence-corrected chi connectivity index (χ4v) is 4.26. The van der Waals surface area contributed by atoms with Gasteiger partial charge in [0, 0.05) is 24.1 Å². The van der Waals surface area contributed by atoms with Crippen molar-refractivity contribution in [2.45, 2.75) is 25.3 Å². The third kappa shape index (κ3) is 6.09. The first-order valence-corrected chi connectivity index (χ1v) is 11.6. The highest BCUT2D eigenvalue weighted by molar-refractivity contribution is 6.32. The summed E-state index contributed by atoms with van der Waals surface area (Å²) in [6.45, 7) is 2.02. The highest BCUT2D eigenvalue weighted by Gasteiger charge is 2.26. The first-order chi connectivity index (χ1) is 16.1. The molecule has 0 bridgehead atoms. The molecule has 1 atom stereocenters. The van der Waals surface area contributed by atoms with Crippen LogP contribution >= 0.6 is 11.6 Å². The molecule has 1 aromatic heterocycles. The number of ether oxygens (including phenoxy) is 1. The van der Waals surface area contributed by atoms with Crippen molar-refractivity contribution in [1.29, 1.82) is 0 Å². The van der Waals surface area contributed by atoms with E-state index in [0.717, 1.165) is 42.8 Å². The van der Waals surface area contributed by atoms with Gasteiger partial charge < -0.3 is 15.4 Å². The number of hydrogen-bond donors (Lipinski definition) is 2. The average molecular weight is 468 g/mol. The monoisotopic (exact) mass is 467 g/mol. The summed E-state index contributed by atoms with van der Waals surface area (Å²) in [5.41, 5.74) is 2.42. The van der Waals surface area contributed by atoms with E-state index in [1.165, 1.54) is 12.1 Å². The minimum atomic E-state index is -0.365. The van der Waals surface area contributed by atoms with Crippen molar-refractivity contribution in [1.82, 2.24) is 15.6 Å². The molecular weight excluding hydrogens is 441 g/mol. The van der Waals surface area contributed by atoms with Crippen molar-refractivity contribution in [3.8, 4) is 16.9 Å². The molecule has 2 N–H and O–H groups in total. The SMILES string of the molecule is O=C(NC(CCOc1ccccc1Cl)c1ncccc1-c1ccc(F)cc1)C1CCNCC1. The minimum Gasteiger partial charge on any atom is -0.492 e. The predicted octanol–water partition coefficient (Wildman–Crippen LogP) is 5.17. The van der Waals surface area contributed by atoms with E-state index in [1.807, 2.05) is 30.3 Å². The Morgan fingerprint density at radius 3 is 2.64 bits per heavy atom. The summed E-state index contributed by atoms with van der Waals surface area (Å²) in [5, 5.41) is 7.04. The molecule has 1 amide bonds. The second-order valence-corrected chi connectivity index (χ2v) is 8.50. The van der Waals surface area contributed by atoms with Gasteiger partial charge in [-0.2, -0.15) is 0 Å². The molecule has 1 unspecified atom stereocenters. The number of carbonyl (C=O) groups excluding carboxylic acids is 1. The van der Waals surface area contributed by atoms with Crippen LogP contribution < -0.4 is 15.4 Å². The lowest BCUT2D eigenvalue weighted by Crippen LogP contribution is -2.40. The largest absolute Gasteiger partial charge is 0.492 e. The normalized spacial score (nSPS) is 15.1. The van der Waals surface area contributed by atoms with E-state index in [9.17, 15) is 9.18 Å². The molecule has 5 nitrogen and oxygen atoms in total. The van der Waals surface area contributed by atoms with Crippen molar-refractivity contribution in [2.24, 2.45) is 5.92 Å². The fourth-order valence-electron chi connectivity index (χ4n) is 4.07. The highest BCUT2D eigenvalue weighted by atomic mass is 35.5. The number of para-hydroxylation sites is 1. The molecule has 2 aromatic carbocycles. The number of piperidine rings is 1. The first-order valence-electron chi connectivity index (χ1n) is 11.2. The summed E-state index contributed by atoms with van der Waals surface area (Å²) in [6, 6.07) is 17.0. The van der Waals surface area contributed by atoms with Crippen LogP contribution in [0, 0.1) is 11.7 Å². The van der Waals surface area contributed by atoms with Gasteiger partial charge >= 0.3 is 0 Å². The Kier molecular flexibility index (Phi) is 7.92. The maximum Gasteiger partial charge on any atom is 0.223 e. The van der Waals surface area contributed by atoms with E-state index in [-0.39, 0.29) is 23.7 Å². The number of benzene rings is 2. The average Bonchev–Trinajstić information content (AvgIpc) is 2.85. The molecule has 1 fully saturated rings. The van der Waals surface area contributed by atoms with Crippen molar-refractivity contribution in [3.63, 3.8) is 0 Å². The van der Waals surface area contributed by atoms with Crippen LogP contribution in [0.2, 0.25) is 5.02 Å². The third-order valence-electron chi connectivity index (χ3n) is 5.85. The van der Waals surface area contributed by atoms with Crippen molar-refractivity contribution >= 4 is 17.5 Å². The number of nitrogens with one attached hydrogen (secondary N) is 2. The Labute approximate surface area is 198 Å². The number of pyridine rings is 1. The quantitative estimate of drug-likeness (QED) is 0.480. The van der Waals surface area contributed by atoms with Crippen molar-refractivity contribution in [2.75, 3.05) is 19.7 Å². The van der Waals surface area contributed by atoms with E-state index < -0.39 is 0 Å². The second kappa shape index (κ2) is 11.3. The summed E-state index contributed by atoms with van der Waals surface area (Å²) >= 11 is 6.22. The maximum atomic E-state index is 13.5. The highest BCUT2D eigenvalue weighted by Crippen LogP contribution is 2.30. The van der Waals surface area contributed by atoms with Crippen LogP contribution in [0.15, 0.2) is 66.9 Å². The number of halogens is 2. The predicted molar refractivity (Wildman–Crippen MR) is 128 cm³/mol. The molecule has 2 heterocycles. The van der Waals surface area contributed by atoms with Crippen LogP contribution in [0.25, 0.3) is 11.1 Å². The molecular formula is C26H27ClFN3O2. The van der Waals surface area contributed by atoms with Gasteiger partial charge in [0.25, 0.3) is 0 Å². The molecule has 7 heteroatoms. The Balaban J connectivity index is 1.57. The lowest BCUT2D eigenvalue weighted by Gasteiger charge is -2.26. The third-order valence-corrected chi connectivity index (χ3v) is 6.16. The molecule has 0 radical (unpaired) electrons. The van der Waals surface area contributed by atoms with Gasteiger partial charge in [-0.05, 0) is 61.8 Å². The van der Waals surface area contributed by atoms with Gasteiger partial charge in [-0.25, -0.2) is 4.39 Å². The lowest BCUT2D eigenvalue weighted by molar-refractivity contribution is -0.126. The summed E-state index contributed by atoms with van der Waals surface area (Å²) in [4.78, 5) is 17.7. The first kappa shape index (κ1) is 23.2. The van der Waals surface area contributed by atoms with E-state index >= 15 is 0 Å². The molecule has 4 rings (SSSR count). The van der Waals surface area contributed by atoms with Gasteiger partial charge in [0.1, 0.15) is 11.6 Å². The van der Waals surface area contributed by atoms with Gasteiger partial charge in [-0.1, -0.05) is 41.9 Å². The zero-order chi connectivity index (χ0) is 23.0. The Morgan fingerprint density at radius 1 is 1.12 bits per heavy atom. The van der Waals surface area contributed by atoms with Crippen LogP contribution in [0.1, 0.15) is 31.0 Å². The number of aromatic nitrogens is 1. The van der Waals surface area contributed by atoms with Crippen molar-refractivity contribution < 1.29 is 13.9 Å². The molecule has 0 aliphatic carbocycles. The molecule has 3 aromatic rings. The van der Waals surface area contributed by atoms with E-state index in [2.05, 4.69) is 15.6 Å². The van der Waals surface area contributed by atoms with Gasteiger partial charge in [0.2, 0.25) is 5.91 Å². The van der Waals surface area contributed by atoms with E-state index in [0.29, 0.717) is 23.8 Å². The molecule has 0 saturated carbocycles. The number of hydrogen-bond acceptors (Lipinski definition) is 4. The summed E-state index contributed by atoms with van der Waals surface area (Å²) in [7, 11) is 0. The molecule has 1 saturated heterocycles. The smallest absolute Gasteiger partial charge is 0.223 e. The number of rotatable bonds is 8. The van der Waals surface area contributed by atoms with Gasteiger partial charge in [0.15, 0.2) is 0 Å². The zero-order valence-corrected chi connectivity index (χ0v) is 19.0. The number of nitrogens with zero attached hydrogens (tertiary/aromatic N) is 1. The summed E-state index contributed by atoms with van der Waals surface area (Å²) in [6.07, 6.45) is 3.83. The topological polar surface area (TPSA) is 63.2 Å². The Bertz CT molecular complexity index is 1070. The standard InChI is InChI=1S/C26H27ClFN3O2/c27-22-5-1-2-6-24(22)33-17-13-23(31-26(32)19-11-15-29-16-12-19)25-21(4-3-14-30-25)18-7-9-20(28)10-8-18/h1-10,14,19,23,29H,11-13,15-17H2,(H,31,32). The lowest BCUT2D eigenvalue weighted by atomic mass is 9.94. The van der Waals surface area contributed by atoms with Crippen LogP contribution in [-0.2, 0) is 4.79 Å². The minimum absolute atomic E-state index is 0.0231. The second-order valence-electron chi connectivity index (χ2n) is 8.10. The molecule has 0 spiro atoms. The maximum absolute atomic E-state index is 13.5. The Morgan fingerprint density at radius 2 is 1.88 bits per heavy atom. The van der Waals surface area contributed by atoms with E-state index in [1.54, 1.807) is 24.4 Å². The summed E-state index contributed by atoms with van der Waals surface area (Å²) < 4.78 is 19.4. The Hall–Kier alpha value is -2.96. The van der Waals surface area contributed by atoms with Gasteiger partial charge in [0.05, 0.1) is 23.4 Å². The van der Waals surface area contributed by atoms with Crippen LogP contribution in [0.5, 0.6) is 5.75 Å². The summed E-state index contributed by atoms with van der Waals surface area (Å²) in [5.74, 6) is 0.293. The molecule has 33 heavy (non-hydrogen) atoms. The van der Waals surface area contributed by atoms with Gasteiger partial charge in [-0.15, -0.1) is 0 Å². The van der Waals surface area contributed by atoms with Crippen LogP contribution in [0.3, 0.4) is 0 Å². The number of carbonyl (C=O) groups is 1. The zero-order valence-electron chi connectivity index (χ0n) is 18.3. The van der Waals surface area contributed by atoms with Crippen molar-refractivity contribution in [3.05, 3.63) is 83.4 Å². The van der Waals surface area contributed by atoms with Crippen LogP contribution in [-0.4, -0.2) is 30.6 Å². The fraction of sp³-hybridized carbons (Fsp3) is 0.308. The molecule has 172 valence electrons.